The first-order valence-electron chi connectivity index (χ1n) is 9.18. The Bertz CT molecular complexity index is 765. The van der Waals surface area contributed by atoms with Crippen LogP contribution in [0.5, 0.6) is 0 Å². The van der Waals surface area contributed by atoms with Crippen LogP contribution in [0.25, 0.3) is 6.08 Å². The second kappa shape index (κ2) is 9.64. The molecule has 1 aromatic carbocycles. The number of nitrogens with zero attached hydrogens (tertiary/aromatic N) is 4. The van der Waals surface area contributed by atoms with E-state index in [4.69, 9.17) is 0 Å². The minimum absolute atomic E-state index is 0.0581. The number of rotatable bonds is 7. The van der Waals surface area contributed by atoms with Gasteiger partial charge in [0.15, 0.2) is 5.69 Å². The predicted molar refractivity (Wildman–Crippen MR) is 109 cm³/mol. The summed E-state index contributed by atoms with van der Waals surface area (Å²) in [5.41, 5.74) is 1.59. The van der Waals surface area contributed by atoms with Crippen molar-refractivity contribution in [3.8, 4) is 0 Å². The molecule has 0 spiro atoms. The quantitative estimate of drug-likeness (QED) is 0.766. The van der Waals surface area contributed by atoms with Crippen LogP contribution in [-0.2, 0) is 0 Å². The van der Waals surface area contributed by atoms with E-state index in [-0.39, 0.29) is 5.91 Å². The summed E-state index contributed by atoms with van der Waals surface area (Å²) in [5, 5.41) is 11.1. The summed E-state index contributed by atoms with van der Waals surface area (Å²) in [7, 11) is 0. The molecule has 1 saturated heterocycles. The predicted octanol–water partition coefficient (Wildman–Crippen LogP) is 2.55. The zero-order valence-electron chi connectivity index (χ0n) is 15.4. The second-order valence-electron chi connectivity index (χ2n) is 6.38. The summed E-state index contributed by atoms with van der Waals surface area (Å²) < 4.78 is 0. The summed E-state index contributed by atoms with van der Waals surface area (Å²) in [6, 6.07) is 13.8. The van der Waals surface area contributed by atoms with E-state index in [2.05, 4.69) is 51.3 Å². The molecular weight excluding hydrogens is 338 g/mol. The largest absolute Gasteiger partial charge is 0.365 e. The summed E-state index contributed by atoms with van der Waals surface area (Å²) in [6.07, 6.45) is 6.05. The zero-order valence-corrected chi connectivity index (χ0v) is 15.4. The maximum absolute atomic E-state index is 12.6. The number of hydrogen-bond donors (Lipinski definition) is 1. The van der Waals surface area contributed by atoms with Crippen LogP contribution >= 0.6 is 0 Å². The lowest BCUT2D eigenvalue weighted by molar-refractivity contribution is 0.0643. The average Bonchev–Trinajstić information content (AvgIpc) is 2.73. The van der Waals surface area contributed by atoms with Gasteiger partial charge in [-0.1, -0.05) is 48.6 Å². The fraction of sp³-hybridized carbons (Fsp3) is 0.286. The smallest absolute Gasteiger partial charge is 0.274 e. The van der Waals surface area contributed by atoms with Crippen LogP contribution in [0, 0.1) is 0 Å². The first-order valence-corrected chi connectivity index (χ1v) is 9.18. The minimum Gasteiger partial charge on any atom is -0.365 e. The third kappa shape index (κ3) is 5.49. The molecular formula is C21H25N5O. The van der Waals surface area contributed by atoms with Crippen molar-refractivity contribution in [1.82, 2.24) is 20.0 Å². The van der Waals surface area contributed by atoms with Gasteiger partial charge in [-0.2, -0.15) is 0 Å². The average molecular weight is 363 g/mol. The molecule has 0 aliphatic carbocycles. The van der Waals surface area contributed by atoms with Crippen molar-refractivity contribution < 1.29 is 4.79 Å². The molecule has 2 heterocycles. The maximum Gasteiger partial charge on any atom is 0.274 e. The fourth-order valence-electron chi connectivity index (χ4n) is 2.91. The maximum atomic E-state index is 12.6. The van der Waals surface area contributed by atoms with Gasteiger partial charge >= 0.3 is 0 Å². The van der Waals surface area contributed by atoms with E-state index in [1.54, 1.807) is 18.2 Å². The van der Waals surface area contributed by atoms with E-state index >= 15 is 0 Å². The van der Waals surface area contributed by atoms with Gasteiger partial charge in [-0.05, 0) is 17.7 Å². The molecule has 140 valence electrons. The molecule has 0 bridgehead atoms. The number of carbonyl (C=O) groups is 1. The molecule has 6 heteroatoms. The number of piperazine rings is 1. The number of amides is 1. The number of aromatic nitrogens is 2. The van der Waals surface area contributed by atoms with E-state index < -0.39 is 0 Å². The topological polar surface area (TPSA) is 61.4 Å². The fourth-order valence-corrected chi connectivity index (χ4v) is 2.91. The Morgan fingerprint density at radius 1 is 1.07 bits per heavy atom. The summed E-state index contributed by atoms with van der Waals surface area (Å²) in [4.78, 5) is 16.8. The van der Waals surface area contributed by atoms with Crippen LogP contribution in [0.2, 0.25) is 0 Å². The van der Waals surface area contributed by atoms with E-state index in [1.807, 2.05) is 23.1 Å². The van der Waals surface area contributed by atoms with Crippen molar-refractivity contribution in [2.45, 2.75) is 0 Å². The standard InChI is InChI=1S/C21H25N5O/c1-2-12-22-20-11-10-19(23-24-20)21(27)26-16-14-25(15-17-26)13-6-9-18-7-4-3-5-8-18/h2-11H,1,12-17H2,(H,22,24)/b9-6+. The number of benzene rings is 1. The van der Waals surface area contributed by atoms with E-state index in [0.29, 0.717) is 31.1 Å². The summed E-state index contributed by atoms with van der Waals surface area (Å²) in [5.74, 6) is 0.582. The lowest BCUT2D eigenvalue weighted by Gasteiger charge is -2.33. The van der Waals surface area contributed by atoms with Gasteiger partial charge < -0.3 is 10.2 Å². The highest BCUT2D eigenvalue weighted by atomic mass is 16.2. The van der Waals surface area contributed by atoms with Gasteiger partial charge in [0.05, 0.1) is 0 Å². The number of nitrogens with one attached hydrogen (secondary N) is 1. The first kappa shape index (κ1) is 18.8. The number of anilines is 1. The second-order valence-corrected chi connectivity index (χ2v) is 6.38. The van der Waals surface area contributed by atoms with Gasteiger partial charge in [0.2, 0.25) is 0 Å². The molecule has 1 aromatic heterocycles. The molecule has 1 N–H and O–H groups in total. The summed E-state index contributed by atoms with van der Waals surface area (Å²) >= 11 is 0. The Labute approximate surface area is 160 Å². The zero-order chi connectivity index (χ0) is 18.9. The molecule has 0 saturated carbocycles. The van der Waals surface area contributed by atoms with Crippen LogP contribution < -0.4 is 5.32 Å². The Balaban J connectivity index is 1.46. The molecule has 0 unspecified atom stereocenters. The first-order chi connectivity index (χ1) is 13.3. The monoisotopic (exact) mass is 363 g/mol. The normalized spacial score (nSPS) is 15.0. The van der Waals surface area contributed by atoms with E-state index in [9.17, 15) is 4.79 Å². The van der Waals surface area contributed by atoms with Gasteiger partial charge in [0.25, 0.3) is 5.91 Å². The third-order valence-electron chi connectivity index (χ3n) is 4.44. The van der Waals surface area contributed by atoms with Crippen LogP contribution in [-0.4, -0.2) is 65.2 Å². The Morgan fingerprint density at radius 2 is 1.85 bits per heavy atom. The lowest BCUT2D eigenvalue weighted by atomic mass is 10.2. The van der Waals surface area contributed by atoms with Crippen molar-refractivity contribution >= 4 is 17.8 Å². The van der Waals surface area contributed by atoms with Gasteiger partial charge in [-0.25, -0.2) is 0 Å². The molecule has 1 aliphatic rings. The van der Waals surface area contributed by atoms with Gasteiger partial charge in [0, 0.05) is 39.3 Å². The molecule has 1 aliphatic heterocycles. The van der Waals surface area contributed by atoms with E-state index in [1.165, 1.54) is 5.56 Å². The molecule has 27 heavy (non-hydrogen) atoms. The lowest BCUT2D eigenvalue weighted by Crippen LogP contribution is -2.48. The Kier molecular flexibility index (Phi) is 6.71. The van der Waals surface area contributed by atoms with Crippen LogP contribution in [0.15, 0.2) is 61.2 Å². The molecule has 2 aromatic rings. The highest BCUT2D eigenvalue weighted by Crippen LogP contribution is 2.09. The van der Waals surface area contributed by atoms with Crippen LogP contribution in [0.4, 0.5) is 5.82 Å². The minimum atomic E-state index is -0.0581. The highest BCUT2D eigenvalue weighted by Gasteiger charge is 2.22. The van der Waals surface area contributed by atoms with Gasteiger partial charge in [-0.3, -0.25) is 9.69 Å². The van der Waals surface area contributed by atoms with Crippen molar-refractivity contribution in [2.75, 3.05) is 44.6 Å². The van der Waals surface area contributed by atoms with Crippen molar-refractivity contribution in [1.29, 1.82) is 0 Å². The SMILES string of the molecule is C=CCNc1ccc(C(=O)N2CCN(C/C=C/c3ccccc3)CC2)nn1. The molecule has 1 fully saturated rings. The van der Waals surface area contributed by atoms with Gasteiger partial charge in [0.1, 0.15) is 5.82 Å². The summed E-state index contributed by atoms with van der Waals surface area (Å²) in [6.45, 7) is 8.27. The third-order valence-corrected chi connectivity index (χ3v) is 4.44. The number of carbonyl (C=O) groups excluding carboxylic acids is 1. The molecule has 6 nitrogen and oxygen atoms in total. The van der Waals surface area contributed by atoms with Crippen LogP contribution in [0.3, 0.4) is 0 Å². The van der Waals surface area contributed by atoms with E-state index in [0.717, 1.165) is 19.6 Å². The molecule has 0 atom stereocenters. The molecule has 1 amide bonds. The van der Waals surface area contributed by atoms with Crippen molar-refractivity contribution in [2.24, 2.45) is 0 Å². The number of hydrogen-bond acceptors (Lipinski definition) is 5. The Morgan fingerprint density at radius 3 is 2.52 bits per heavy atom. The van der Waals surface area contributed by atoms with Crippen molar-refractivity contribution in [3.05, 3.63) is 72.5 Å². The molecule has 0 radical (unpaired) electrons. The Hall–Kier alpha value is -2.99. The van der Waals surface area contributed by atoms with Crippen LogP contribution in [0.1, 0.15) is 16.1 Å². The van der Waals surface area contributed by atoms with Gasteiger partial charge in [-0.15, -0.1) is 16.8 Å². The van der Waals surface area contributed by atoms with Crippen molar-refractivity contribution in [3.63, 3.8) is 0 Å². The molecule has 3 rings (SSSR count). The highest BCUT2D eigenvalue weighted by molar-refractivity contribution is 5.92.